The van der Waals surface area contributed by atoms with Crippen LogP contribution in [0.5, 0.6) is 11.5 Å². The zero-order valence-electron chi connectivity index (χ0n) is 14.6. The molecule has 138 valence electrons. The number of methoxy groups -OCH3 is 1. The molecule has 0 aromatic heterocycles. The summed E-state index contributed by atoms with van der Waals surface area (Å²) < 4.78 is 39.5. The summed E-state index contributed by atoms with van der Waals surface area (Å²) >= 11 is 0. The first-order chi connectivity index (χ1) is 12.5. The average molecular weight is 362 g/mol. The summed E-state index contributed by atoms with van der Waals surface area (Å²) in [6.45, 7) is -0.0408. The molecule has 0 N–H and O–H groups in total. The molecule has 0 aliphatic carbocycles. The van der Waals surface area contributed by atoms with Crippen LogP contribution in [0.15, 0.2) is 48.5 Å². The average Bonchev–Trinajstić information content (AvgIpc) is 2.64. The summed E-state index contributed by atoms with van der Waals surface area (Å²) in [4.78, 5) is 12.3. The molecule has 0 spiro atoms. The third-order valence-corrected chi connectivity index (χ3v) is 3.54. The molecule has 0 aliphatic heterocycles. The molecule has 0 bridgehead atoms. The number of carbonyl (C=O) groups excluding carboxylic acids is 1. The lowest BCUT2D eigenvalue weighted by Crippen LogP contribution is -2.03. The summed E-state index contributed by atoms with van der Waals surface area (Å²) in [5, 5.41) is 0. The minimum Gasteiger partial charge on any atom is -0.496 e. The maximum atomic E-state index is 12.3. The van der Waals surface area contributed by atoms with Crippen molar-refractivity contribution >= 4 is 11.9 Å². The van der Waals surface area contributed by atoms with Crippen molar-refractivity contribution in [2.45, 2.75) is 20.1 Å². The standard InChI is InChI=1S/C20H20F2O4/c1-3-25-13-16-11-14(8-10-19(16)24-2)7-9-18(23)15-5-4-6-17(12-15)26-20(21)22/h4-12,20H,3,13H2,1-2H3/b9-7+. The smallest absolute Gasteiger partial charge is 0.387 e. The van der Waals surface area contributed by atoms with Gasteiger partial charge in [0.15, 0.2) is 5.78 Å². The van der Waals surface area contributed by atoms with Crippen LogP contribution in [0.4, 0.5) is 8.78 Å². The third-order valence-electron chi connectivity index (χ3n) is 3.54. The molecule has 0 radical (unpaired) electrons. The second-order valence-electron chi connectivity index (χ2n) is 5.31. The van der Waals surface area contributed by atoms with Gasteiger partial charge < -0.3 is 14.2 Å². The summed E-state index contributed by atoms with van der Waals surface area (Å²) in [5.41, 5.74) is 1.94. The third kappa shape index (κ3) is 5.67. The number of hydrogen-bond acceptors (Lipinski definition) is 4. The van der Waals surface area contributed by atoms with E-state index in [0.717, 1.165) is 11.1 Å². The van der Waals surface area contributed by atoms with Crippen LogP contribution in [-0.2, 0) is 11.3 Å². The molecule has 0 saturated heterocycles. The van der Waals surface area contributed by atoms with Gasteiger partial charge in [-0.05, 0) is 42.8 Å². The summed E-state index contributed by atoms with van der Waals surface area (Å²) in [6, 6.07) is 11.2. The largest absolute Gasteiger partial charge is 0.496 e. The van der Waals surface area contributed by atoms with Gasteiger partial charge in [0, 0.05) is 17.7 Å². The highest BCUT2D eigenvalue weighted by Crippen LogP contribution is 2.22. The van der Waals surface area contributed by atoms with Gasteiger partial charge in [-0.3, -0.25) is 4.79 Å². The van der Waals surface area contributed by atoms with E-state index in [9.17, 15) is 13.6 Å². The van der Waals surface area contributed by atoms with Crippen molar-refractivity contribution in [2.75, 3.05) is 13.7 Å². The number of rotatable bonds is 9. The Morgan fingerprint density at radius 3 is 2.69 bits per heavy atom. The molecule has 26 heavy (non-hydrogen) atoms. The van der Waals surface area contributed by atoms with Crippen LogP contribution in [0.2, 0.25) is 0 Å². The predicted molar refractivity (Wildman–Crippen MR) is 94.8 cm³/mol. The molecule has 0 fully saturated rings. The van der Waals surface area contributed by atoms with Crippen molar-refractivity contribution in [3.05, 3.63) is 65.2 Å². The van der Waals surface area contributed by atoms with Crippen molar-refractivity contribution in [3.63, 3.8) is 0 Å². The Morgan fingerprint density at radius 1 is 1.19 bits per heavy atom. The van der Waals surface area contributed by atoms with Crippen LogP contribution in [-0.4, -0.2) is 26.1 Å². The molecule has 2 aromatic carbocycles. The van der Waals surface area contributed by atoms with Crippen molar-refractivity contribution in [3.8, 4) is 11.5 Å². The summed E-state index contributed by atoms with van der Waals surface area (Å²) in [5.74, 6) is 0.341. The van der Waals surface area contributed by atoms with Crippen LogP contribution in [0, 0.1) is 0 Å². The van der Waals surface area contributed by atoms with E-state index in [0.29, 0.717) is 19.0 Å². The fraction of sp³-hybridized carbons (Fsp3) is 0.250. The fourth-order valence-corrected chi connectivity index (χ4v) is 2.32. The molecule has 0 atom stereocenters. The highest BCUT2D eigenvalue weighted by molar-refractivity contribution is 6.07. The lowest BCUT2D eigenvalue weighted by atomic mass is 10.1. The first-order valence-electron chi connectivity index (χ1n) is 8.05. The van der Waals surface area contributed by atoms with Gasteiger partial charge >= 0.3 is 6.61 Å². The minimum absolute atomic E-state index is 0.0531. The lowest BCUT2D eigenvalue weighted by Gasteiger charge is -2.09. The fourth-order valence-electron chi connectivity index (χ4n) is 2.32. The molecule has 2 aromatic rings. The van der Waals surface area contributed by atoms with E-state index < -0.39 is 6.61 Å². The van der Waals surface area contributed by atoms with E-state index in [1.807, 2.05) is 19.1 Å². The van der Waals surface area contributed by atoms with Gasteiger partial charge in [-0.25, -0.2) is 0 Å². The van der Waals surface area contributed by atoms with Gasteiger partial charge in [0.2, 0.25) is 0 Å². The van der Waals surface area contributed by atoms with E-state index >= 15 is 0 Å². The number of alkyl halides is 2. The normalized spacial score (nSPS) is 11.1. The highest BCUT2D eigenvalue weighted by Gasteiger charge is 2.08. The Bertz CT molecular complexity index is 772. The number of carbonyl (C=O) groups is 1. The Hall–Kier alpha value is -2.73. The number of benzene rings is 2. The summed E-state index contributed by atoms with van der Waals surface area (Å²) in [6.07, 6.45) is 3.03. The quantitative estimate of drug-likeness (QED) is 0.478. The highest BCUT2D eigenvalue weighted by atomic mass is 19.3. The zero-order chi connectivity index (χ0) is 18.9. The van der Waals surface area contributed by atoms with Crippen molar-refractivity contribution in [1.82, 2.24) is 0 Å². The molecular weight excluding hydrogens is 342 g/mol. The molecule has 0 heterocycles. The molecular formula is C20H20F2O4. The molecule has 2 rings (SSSR count). The Labute approximate surface area is 151 Å². The zero-order valence-corrected chi connectivity index (χ0v) is 14.6. The Balaban J connectivity index is 2.14. The molecule has 0 amide bonds. The number of hydrogen-bond donors (Lipinski definition) is 0. The van der Waals surface area contributed by atoms with Crippen molar-refractivity contribution < 1.29 is 27.8 Å². The first-order valence-corrected chi connectivity index (χ1v) is 8.05. The SMILES string of the molecule is CCOCc1cc(/C=C/C(=O)c2cccc(OC(F)F)c2)ccc1OC. The van der Waals surface area contributed by atoms with E-state index in [4.69, 9.17) is 9.47 Å². The second-order valence-corrected chi connectivity index (χ2v) is 5.31. The number of halogens is 2. The van der Waals surface area contributed by atoms with E-state index in [2.05, 4.69) is 4.74 Å². The molecule has 0 unspecified atom stereocenters. The number of ketones is 1. The maximum absolute atomic E-state index is 12.3. The molecule has 4 nitrogen and oxygen atoms in total. The van der Waals surface area contributed by atoms with E-state index in [-0.39, 0.29) is 17.1 Å². The number of allylic oxidation sites excluding steroid dienone is 1. The topological polar surface area (TPSA) is 44.8 Å². The van der Waals surface area contributed by atoms with Crippen LogP contribution in [0.1, 0.15) is 28.4 Å². The Kier molecular flexibility index (Phi) is 7.29. The maximum Gasteiger partial charge on any atom is 0.387 e. The van der Waals surface area contributed by atoms with Gasteiger partial charge in [0.1, 0.15) is 11.5 Å². The van der Waals surface area contributed by atoms with Crippen LogP contribution < -0.4 is 9.47 Å². The molecule has 0 aliphatic rings. The van der Waals surface area contributed by atoms with Gasteiger partial charge in [-0.1, -0.05) is 24.3 Å². The number of ether oxygens (including phenoxy) is 3. The lowest BCUT2D eigenvalue weighted by molar-refractivity contribution is -0.0498. The molecule has 0 saturated carbocycles. The summed E-state index contributed by atoms with van der Waals surface area (Å²) in [7, 11) is 1.58. The van der Waals surface area contributed by atoms with Crippen LogP contribution >= 0.6 is 0 Å². The predicted octanol–water partition coefficient (Wildman–Crippen LogP) is 4.73. The monoisotopic (exact) mass is 362 g/mol. The van der Waals surface area contributed by atoms with E-state index in [1.54, 1.807) is 25.3 Å². The molecule has 6 heteroatoms. The van der Waals surface area contributed by atoms with Crippen molar-refractivity contribution in [1.29, 1.82) is 0 Å². The minimum atomic E-state index is -2.93. The van der Waals surface area contributed by atoms with Gasteiger partial charge in [0.25, 0.3) is 0 Å². The van der Waals surface area contributed by atoms with Crippen LogP contribution in [0.25, 0.3) is 6.08 Å². The second kappa shape index (κ2) is 9.68. The van der Waals surface area contributed by atoms with Gasteiger partial charge in [-0.15, -0.1) is 0 Å². The van der Waals surface area contributed by atoms with Crippen LogP contribution in [0.3, 0.4) is 0 Å². The van der Waals surface area contributed by atoms with E-state index in [1.165, 1.54) is 24.3 Å². The Morgan fingerprint density at radius 2 is 2.00 bits per heavy atom. The van der Waals surface area contributed by atoms with Gasteiger partial charge in [0.05, 0.1) is 13.7 Å². The van der Waals surface area contributed by atoms with Crippen molar-refractivity contribution in [2.24, 2.45) is 0 Å². The van der Waals surface area contributed by atoms with Gasteiger partial charge in [-0.2, -0.15) is 8.78 Å². The first kappa shape index (κ1) is 19.6.